The molecule has 0 fully saturated rings. The van der Waals surface area contributed by atoms with Crippen LogP contribution in [-0.2, 0) is 0 Å². The van der Waals surface area contributed by atoms with Crippen molar-refractivity contribution in [1.29, 1.82) is 0 Å². The fraction of sp³-hybridized carbons (Fsp3) is 0. The Morgan fingerprint density at radius 3 is 1.09 bits per heavy atom. The molecule has 8 heteroatoms. The number of hydrogen-bond donors (Lipinski definition) is 4. The molecule has 4 N–H and O–H groups in total. The second-order valence-corrected chi connectivity index (χ2v) is 4.29. The van der Waals surface area contributed by atoms with E-state index >= 15 is 0 Å². The van der Waals surface area contributed by atoms with Gasteiger partial charge in [0.2, 0.25) is 0 Å². The number of carboxylic acids is 4. The first-order valence-corrected chi connectivity index (χ1v) is 5.78. The van der Waals surface area contributed by atoms with E-state index < -0.39 is 46.1 Å². The van der Waals surface area contributed by atoms with Gasteiger partial charge >= 0.3 is 23.9 Å². The molecule has 0 saturated heterocycles. The van der Waals surface area contributed by atoms with E-state index in [9.17, 15) is 29.4 Å². The van der Waals surface area contributed by atoms with Crippen molar-refractivity contribution < 1.29 is 39.6 Å². The molecular weight excluding hydrogens is 296 g/mol. The van der Waals surface area contributed by atoms with Crippen LogP contribution < -0.4 is 0 Å². The van der Waals surface area contributed by atoms with Crippen molar-refractivity contribution in [2.24, 2.45) is 0 Å². The predicted molar refractivity (Wildman–Crippen MR) is 71.8 cm³/mol. The quantitative estimate of drug-likeness (QED) is 0.665. The Bertz CT molecular complexity index is 778. The third-order valence-corrected chi connectivity index (χ3v) is 3.09. The van der Waals surface area contributed by atoms with Gasteiger partial charge in [0, 0.05) is 0 Å². The van der Waals surface area contributed by atoms with Crippen LogP contribution in [0.15, 0.2) is 24.3 Å². The number of carboxylic acid groups (broad SMARTS) is 4. The molecule has 0 atom stereocenters. The zero-order valence-electron chi connectivity index (χ0n) is 10.7. The van der Waals surface area contributed by atoms with Gasteiger partial charge in [0.25, 0.3) is 0 Å². The molecule has 8 nitrogen and oxygen atoms in total. The third kappa shape index (κ3) is 2.22. The molecule has 2 rings (SSSR count). The fourth-order valence-electron chi connectivity index (χ4n) is 2.22. The van der Waals surface area contributed by atoms with E-state index in [1.807, 2.05) is 0 Å². The van der Waals surface area contributed by atoms with Crippen LogP contribution in [0.4, 0.5) is 0 Å². The highest BCUT2D eigenvalue weighted by molar-refractivity contribution is 6.18. The van der Waals surface area contributed by atoms with E-state index in [-0.39, 0.29) is 10.8 Å². The lowest BCUT2D eigenvalue weighted by Gasteiger charge is -2.10. The summed E-state index contributed by atoms with van der Waals surface area (Å²) in [5, 5.41) is 36.1. The van der Waals surface area contributed by atoms with Gasteiger partial charge in [0.05, 0.1) is 22.3 Å². The van der Waals surface area contributed by atoms with Gasteiger partial charge in [0.1, 0.15) is 0 Å². The molecular formula is C14H8O8. The Kier molecular flexibility index (Phi) is 3.52. The summed E-state index contributed by atoms with van der Waals surface area (Å²) in [6.45, 7) is 0. The molecule has 0 unspecified atom stereocenters. The average Bonchev–Trinajstić information content (AvgIpc) is 2.43. The summed E-state index contributed by atoms with van der Waals surface area (Å²) in [4.78, 5) is 44.8. The van der Waals surface area contributed by atoms with Gasteiger partial charge in [-0.25, -0.2) is 19.2 Å². The van der Waals surface area contributed by atoms with Crippen LogP contribution in [0.2, 0.25) is 0 Å². The highest BCUT2D eigenvalue weighted by atomic mass is 16.4. The van der Waals surface area contributed by atoms with Gasteiger partial charge in [-0.1, -0.05) is 12.1 Å². The SMILES string of the molecule is O=C(O)c1ccc2c(C(=O)O)c(C(=O)O)ccc2c1C(=O)O. The van der Waals surface area contributed by atoms with Crippen LogP contribution in [0, 0.1) is 0 Å². The molecule has 0 aliphatic rings. The highest BCUT2D eigenvalue weighted by Gasteiger charge is 2.25. The molecule has 112 valence electrons. The molecule has 0 heterocycles. The summed E-state index contributed by atoms with van der Waals surface area (Å²) >= 11 is 0. The van der Waals surface area contributed by atoms with Crippen LogP contribution in [0.1, 0.15) is 41.4 Å². The van der Waals surface area contributed by atoms with Crippen molar-refractivity contribution in [2.45, 2.75) is 0 Å². The zero-order valence-corrected chi connectivity index (χ0v) is 10.7. The van der Waals surface area contributed by atoms with Gasteiger partial charge < -0.3 is 20.4 Å². The molecule has 2 aromatic carbocycles. The number of carbonyl (C=O) groups is 4. The summed E-state index contributed by atoms with van der Waals surface area (Å²) in [7, 11) is 0. The van der Waals surface area contributed by atoms with Gasteiger partial charge in [0.15, 0.2) is 0 Å². The molecule has 0 aliphatic carbocycles. The van der Waals surface area contributed by atoms with Gasteiger partial charge in [-0.15, -0.1) is 0 Å². The van der Waals surface area contributed by atoms with Crippen LogP contribution in [-0.4, -0.2) is 44.3 Å². The summed E-state index contributed by atoms with van der Waals surface area (Å²) < 4.78 is 0. The second kappa shape index (κ2) is 5.17. The lowest BCUT2D eigenvalue weighted by molar-refractivity contribution is 0.0651. The molecule has 0 radical (unpaired) electrons. The minimum absolute atomic E-state index is 0.158. The predicted octanol–water partition coefficient (Wildman–Crippen LogP) is 1.63. The fourth-order valence-corrected chi connectivity index (χ4v) is 2.22. The Morgan fingerprint density at radius 2 is 0.864 bits per heavy atom. The topological polar surface area (TPSA) is 149 Å². The van der Waals surface area contributed by atoms with Crippen LogP contribution in [0.25, 0.3) is 10.8 Å². The van der Waals surface area contributed by atoms with Crippen molar-refractivity contribution in [3.63, 3.8) is 0 Å². The van der Waals surface area contributed by atoms with Crippen molar-refractivity contribution in [3.8, 4) is 0 Å². The molecule has 2 aromatic rings. The maximum absolute atomic E-state index is 11.3. The zero-order chi connectivity index (χ0) is 16.6. The van der Waals surface area contributed by atoms with E-state index in [1.54, 1.807) is 0 Å². The van der Waals surface area contributed by atoms with Crippen molar-refractivity contribution in [2.75, 3.05) is 0 Å². The molecule has 0 aliphatic heterocycles. The van der Waals surface area contributed by atoms with Crippen LogP contribution >= 0.6 is 0 Å². The summed E-state index contributed by atoms with van der Waals surface area (Å²) in [5.41, 5.74) is -2.22. The van der Waals surface area contributed by atoms with Gasteiger partial charge in [-0.2, -0.15) is 0 Å². The van der Waals surface area contributed by atoms with E-state index in [2.05, 4.69) is 0 Å². The maximum atomic E-state index is 11.3. The molecule has 0 saturated carbocycles. The first-order valence-electron chi connectivity index (χ1n) is 5.78. The number of rotatable bonds is 4. The summed E-state index contributed by atoms with van der Waals surface area (Å²) in [5.74, 6) is -6.08. The monoisotopic (exact) mass is 304 g/mol. The van der Waals surface area contributed by atoms with Gasteiger partial charge in [-0.3, -0.25) is 0 Å². The normalized spacial score (nSPS) is 10.4. The van der Waals surface area contributed by atoms with Crippen molar-refractivity contribution >= 4 is 34.6 Å². The Labute approximate surface area is 121 Å². The van der Waals surface area contributed by atoms with E-state index in [0.29, 0.717) is 0 Å². The Morgan fingerprint density at radius 1 is 0.545 bits per heavy atom. The standard InChI is InChI=1S/C14H8O8/c15-11(16)7-3-1-5-6(10(7)14(21)22)2-4-8(12(17)18)9(5)13(19)20/h1-4H,(H,15,16)(H,17,18)(H,19,20)(H,21,22). The molecule has 22 heavy (non-hydrogen) atoms. The highest BCUT2D eigenvalue weighted by Crippen LogP contribution is 2.28. The largest absolute Gasteiger partial charge is 0.478 e. The molecule has 0 spiro atoms. The second-order valence-electron chi connectivity index (χ2n) is 4.29. The third-order valence-electron chi connectivity index (χ3n) is 3.09. The summed E-state index contributed by atoms with van der Waals surface area (Å²) in [6.07, 6.45) is 0. The van der Waals surface area contributed by atoms with E-state index in [0.717, 1.165) is 24.3 Å². The maximum Gasteiger partial charge on any atom is 0.337 e. The van der Waals surface area contributed by atoms with Gasteiger partial charge in [-0.05, 0) is 22.9 Å². The Hall–Kier alpha value is -3.42. The average molecular weight is 304 g/mol. The number of aromatic carboxylic acids is 4. The van der Waals surface area contributed by atoms with E-state index in [1.165, 1.54) is 0 Å². The van der Waals surface area contributed by atoms with Crippen LogP contribution in [0.3, 0.4) is 0 Å². The number of hydrogen-bond acceptors (Lipinski definition) is 4. The number of fused-ring (bicyclic) bond motifs is 1. The molecule has 0 aromatic heterocycles. The first-order chi connectivity index (χ1) is 10.3. The van der Waals surface area contributed by atoms with Crippen molar-refractivity contribution in [1.82, 2.24) is 0 Å². The van der Waals surface area contributed by atoms with Crippen LogP contribution in [0.5, 0.6) is 0 Å². The smallest absolute Gasteiger partial charge is 0.337 e. The first kappa shape index (κ1) is 15.0. The lowest BCUT2D eigenvalue weighted by atomic mass is 9.93. The van der Waals surface area contributed by atoms with E-state index in [4.69, 9.17) is 10.2 Å². The Balaban J connectivity index is 3.03. The minimum atomic E-state index is -1.55. The van der Waals surface area contributed by atoms with Crippen molar-refractivity contribution in [3.05, 3.63) is 46.5 Å². The molecule has 0 bridgehead atoms. The minimum Gasteiger partial charge on any atom is -0.478 e. The molecule has 0 amide bonds. The number of benzene rings is 2. The lowest BCUT2D eigenvalue weighted by Crippen LogP contribution is -2.12. The summed E-state index contributed by atoms with van der Waals surface area (Å²) in [6, 6.07) is 4.04.